The molecule has 3 heterocycles. The second-order valence-corrected chi connectivity index (χ2v) is 10.7. The van der Waals surface area contributed by atoms with Crippen LogP contribution in [0.4, 0.5) is 5.69 Å². The Morgan fingerprint density at radius 3 is 2.79 bits per heavy atom. The molecule has 0 fully saturated rings. The van der Waals surface area contributed by atoms with E-state index in [1.54, 1.807) is 22.0 Å². The van der Waals surface area contributed by atoms with Crippen LogP contribution < -0.4 is 10.9 Å². The van der Waals surface area contributed by atoms with Crippen molar-refractivity contribution in [3.63, 3.8) is 0 Å². The van der Waals surface area contributed by atoms with Gasteiger partial charge in [-0.3, -0.25) is 14.2 Å². The van der Waals surface area contributed by atoms with E-state index in [1.165, 1.54) is 23.1 Å². The maximum Gasteiger partial charge on any atom is 0.263 e. The number of fused-ring (bicyclic) bond motifs is 1. The van der Waals surface area contributed by atoms with E-state index in [-0.39, 0.29) is 17.2 Å². The lowest BCUT2D eigenvalue weighted by molar-refractivity contribution is -0.113. The molecule has 33 heavy (non-hydrogen) atoms. The minimum Gasteiger partial charge on any atom is -0.325 e. The van der Waals surface area contributed by atoms with Crippen LogP contribution in [0, 0.1) is 6.92 Å². The van der Waals surface area contributed by atoms with E-state index < -0.39 is 0 Å². The van der Waals surface area contributed by atoms with Gasteiger partial charge in [0.2, 0.25) is 5.91 Å². The van der Waals surface area contributed by atoms with Crippen molar-refractivity contribution in [2.45, 2.75) is 38.4 Å². The van der Waals surface area contributed by atoms with Crippen molar-refractivity contribution in [2.75, 3.05) is 11.1 Å². The molecular formula is C25H25N3O2S3. The third kappa shape index (κ3) is 4.83. The normalized spacial score (nSPS) is 11.3. The Morgan fingerprint density at radius 1 is 1.27 bits per heavy atom. The number of thiophene rings is 2. The summed E-state index contributed by atoms with van der Waals surface area (Å²) in [6, 6.07) is 10.0. The van der Waals surface area contributed by atoms with Gasteiger partial charge in [0, 0.05) is 28.1 Å². The van der Waals surface area contributed by atoms with Gasteiger partial charge in [0.1, 0.15) is 4.83 Å². The summed E-state index contributed by atoms with van der Waals surface area (Å²) in [7, 11) is 0. The molecule has 0 saturated heterocycles. The van der Waals surface area contributed by atoms with Gasteiger partial charge in [-0.2, -0.15) is 0 Å². The van der Waals surface area contributed by atoms with Crippen LogP contribution in [0.3, 0.4) is 0 Å². The number of nitrogens with one attached hydrogen (secondary N) is 1. The van der Waals surface area contributed by atoms with E-state index >= 15 is 0 Å². The summed E-state index contributed by atoms with van der Waals surface area (Å²) in [6.45, 7) is 10.3. The molecule has 0 aliphatic rings. The topological polar surface area (TPSA) is 64.0 Å². The van der Waals surface area contributed by atoms with Crippen LogP contribution in [-0.2, 0) is 11.3 Å². The molecule has 1 amide bonds. The molecule has 0 spiro atoms. The van der Waals surface area contributed by atoms with Crippen LogP contribution in [0.2, 0.25) is 0 Å². The van der Waals surface area contributed by atoms with Gasteiger partial charge in [0.25, 0.3) is 5.56 Å². The van der Waals surface area contributed by atoms with E-state index in [2.05, 4.69) is 25.7 Å². The molecule has 1 N–H and O–H groups in total. The highest BCUT2D eigenvalue weighted by atomic mass is 32.2. The molecule has 3 aromatic heterocycles. The minimum absolute atomic E-state index is 0.103. The van der Waals surface area contributed by atoms with Crippen LogP contribution >= 0.6 is 34.4 Å². The lowest BCUT2D eigenvalue weighted by atomic mass is 9.98. The summed E-state index contributed by atoms with van der Waals surface area (Å²) in [6.07, 6.45) is 1.68. The van der Waals surface area contributed by atoms with Crippen LogP contribution in [0.25, 0.3) is 20.7 Å². The van der Waals surface area contributed by atoms with Crippen LogP contribution in [-0.4, -0.2) is 21.2 Å². The van der Waals surface area contributed by atoms with E-state index in [4.69, 9.17) is 4.98 Å². The van der Waals surface area contributed by atoms with Crippen molar-refractivity contribution in [3.05, 3.63) is 75.2 Å². The number of thioether (sulfide) groups is 1. The number of benzene rings is 1. The molecule has 5 nitrogen and oxygen atoms in total. The van der Waals surface area contributed by atoms with Crippen molar-refractivity contribution in [2.24, 2.45) is 0 Å². The second kappa shape index (κ2) is 10.1. The molecule has 0 radical (unpaired) electrons. The Morgan fingerprint density at radius 2 is 2.09 bits per heavy atom. The van der Waals surface area contributed by atoms with Gasteiger partial charge in [0.05, 0.1) is 11.1 Å². The first-order chi connectivity index (χ1) is 15.9. The molecule has 1 aromatic carbocycles. The number of aromatic nitrogens is 2. The van der Waals surface area contributed by atoms with E-state index in [0.29, 0.717) is 27.8 Å². The summed E-state index contributed by atoms with van der Waals surface area (Å²) in [5, 5.41) is 8.19. The Balaban J connectivity index is 1.62. The SMILES string of the molecule is C=CCn1c(SCC(=O)Nc2c(C)cccc2C(C)C)nc2scc(-c3cccs3)c2c1=O. The molecule has 0 atom stereocenters. The Kier molecular flexibility index (Phi) is 7.17. The quantitative estimate of drug-likeness (QED) is 0.171. The average Bonchev–Trinajstić information content (AvgIpc) is 3.45. The highest BCUT2D eigenvalue weighted by Crippen LogP contribution is 2.34. The highest BCUT2D eigenvalue weighted by molar-refractivity contribution is 7.99. The fraction of sp³-hybridized carbons (Fsp3) is 0.240. The zero-order valence-corrected chi connectivity index (χ0v) is 21.2. The fourth-order valence-corrected chi connectivity index (χ4v) is 6.28. The number of hydrogen-bond acceptors (Lipinski definition) is 6. The zero-order valence-electron chi connectivity index (χ0n) is 18.8. The Labute approximate surface area is 205 Å². The molecule has 0 aliphatic heterocycles. The second-order valence-electron chi connectivity index (χ2n) is 7.94. The van der Waals surface area contributed by atoms with Gasteiger partial charge in [-0.1, -0.05) is 56.0 Å². The number of hydrogen-bond donors (Lipinski definition) is 1. The fourth-order valence-electron chi connectivity index (χ4n) is 3.67. The maximum atomic E-state index is 13.4. The summed E-state index contributed by atoms with van der Waals surface area (Å²) < 4.78 is 1.60. The number of anilines is 1. The highest BCUT2D eigenvalue weighted by Gasteiger charge is 2.19. The van der Waals surface area contributed by atoms with E-state index in [0.717, 1.165) is 27.3 Å². The van der Waals surface area contributed by atoms with Crippen LogP contribution in [0.1, 0.15) is 30.9 Å². The van der Waals surface area contributed by atoms with Crippen LogP contribution in [0.5, 0.6) is 0 Å². The number of rotatable bonds is 8. The van der Waals surface area contributed by atoms with Crippen molar-refractivity contribution in [3.8, 4) is 10.4 Å². The maximum absolute atomic E-state index is 13.4. The summed E-state index contributed by atoms with van der Waals surface area (Å²) in [5.41, 5.74) is 3.81. The summed E-state index contributed by atoms with van der Waals surface area (Å²) >= 11 is 4.32. The van der Waals surface area contributed by atoms with Gasteiger partial charge in [-0.15, -0.1) is 29.3 Å². The summed E-state index contributed by atoms with van der Waals surface area (Å²) in [4.78, 5) is 32.7. The molecule has 4 aromatic rings. The van der Waals surface area contributed by atoms with Crippen molar-refractivity contribution >= 4 is 56.2 Å². The molecular weight excluding hydrogens is 470 g/mol. The lowest BCUT2D eigenvalue weighted by Gasteiger charge is -2.16. The number of carbonyl (C=O) groups excluding carboxylic acids is 1. The number of allylic oxidation sites excluding steroid dienone is 1. The van der Waals surface area contributed by atoms with Crippen molar-refractivity contribution < 1.29 is 4.79 Å². The summed E-state index contributed by atoms with van der Waals surface area (Å²) in [5.74, 6) is 0.330. The van der Waals surface area contributed by atoms with Crippen LogP contribution in [0.15, 0.2) is 63.7 Å². The molecule has 8 heteroatoms. The van der Waals surface area contributed by atoms with Gasteiger partial charge in [-0.25, -0.2) is 4.98 Å². The first-order valence-electron chi connectivity index (χ1n) is 10.6. The van der Waals surface area contributed by atoms with E-state index in [1.807, 2.05) is 48.0 Å². The largest absolute Gasteiger partial charge is 0.325 e. The van der Waals surface area contributed by atoms with Gasteiger partial charge >= 0.3 is 0 Å². The number of carbonyl (C=O) groups is 1. The first-order valence-corrected chi connectivity index (χ1v) is 13.3. The smallest absolute Gasteiger partial charge is 0.263 e. The number of para-hydroxylation sites is 1. The Hall–Kier alpha value is -2.68. The molecule has 0 bridgehead atoms. The predicted molar refractivity (Wildman–Crippen MR) is 142 cm³/mol. The van der Waals surface area contributed by atoms with Crippen molar-refractivity contribution in [1.29, 1.82) is 0 Å². The monoisotopic (exact) mass is 495 g/mol. The molecule has 0 unspecified atom stereocenters. The Bertz CT molecular complexity index is 1370. The van der Waals surface area contributed by atoms with Crippen molar-refractivity contribution in [1.82, 2.24) is 9.55 Å². The lowest BCUT2D eigenvalue weighted by Crippen LogP contribution is -2.23. The first kappa shape index (κ1) is 23.5. The van der Waals surface area contributed by atoms with Gasteiger partial charge in [-0.05, 0) is 35.4 Å². The third-order valence-electron chi connectivity index (χ3n) is 5.28. The number of aryl methyl sites for hydroxylation is 1. The third-order valence-corrected chi connectivity index (χ3v) is 8.03. The molecule has 0 saturated carbocycles. The molecule has 4 rings (SSSR count). The van der Waals surface area contributed by atoms with Gasteiger partial charge in [0.15, 0.2) is 5.16 Å². The minimum atomic E-state index is -0.124. The molecule has 0 aliphatic carbocycles. The predicted octanol–water partition coefficient (Wildman–Crippen LogP) is 6.54. The van der Waals surface area contributed by atoms with E-state index in [9.17, 15) is 9.59 Å². The molecule has 170 valence electrons. The zero-order chi connectivity index (χ0) is 23.5. The standard InChI is InChI=1S/C25H25N3O2S3/c1-5-11-28-24(30)21-18(19-10-7-12-31-19)13-32-23(21)27-25(28)33-14-20(29)26-22-16(4)8-6-9-17(22)15(2)3/h5-10,12-13,15H,1,11,14H2,2-4H3,(H,26,29). The average molecular weight is 496 g/mol. The number of amides is 1. The van der Waals surface area contributed by atoms with Gasteiger partial charge < -0.3 is 5.32 Å². The number of nitrogens with zero attached hydrogens (tertiary/aromatic N) is 2.